The predicted octanol–water partition coefficient (Wildman–Crippen LogP) is 3.63. The summed E-state index contributed by atoms with van der Waals surface area (Å²) in [7, 11) is 1.66. The number of piperidine rings is 1. The maximum absolute atomic E-state index is 5.44. The fraction of sp³-hybridized carbons (Fsp3) is 0.462. The van der Waals surface area contributed by atoms with Crippen LogP contribution in [0.5, 0.6) is 5.75 Å². The normalized spacial score (nSPS) is 18.7. The van der Waals surface area contributed by atoms with Crippen molar-refractivity contribution in [2.45, 2.75) is 44.7 Å². The first-order chi connectivity index (χ1) is 17.2. The number of hydrogen-bond acceptors (Lipinski definition) is 7. The average molecular weight is 473 g/mol. The van der Waals surface area contributed by atoms with Gasteiger partial charge in [-0.1, -0.05) is 11.6 Å². The number of ether oxygens (including phenoxy) is 1. The SMILES string of the molecule is COc1cc(-c2cn(Cc3ccc(N4CCC[C@@H](NCC5CCC5)C4)cn3)nn2)c2cn[nH]c2c1. The Morgan fingerprint density at radius 1 is 1.14 bits per heavy atom. The second-order valence-electron chi connectivity index (χ2n) is 9.81. The molecule has 35 heavy (non-hydrogen) atoms. The van der Waals surface area contributed by atoms with Gasteiger partial charge in [0.25, 0.3) is 0 Å². The number of H-pyrrole nitrogens is 1. The molecule has 2 fully saturated rings. The van der Waals surface area contributed by atoms with Crippen LogP contribution in [-0.4, -0.2) is 63.0 Å². The van der Waals surface area contributed by atoms with Crippen molar-refractivity contribution in [3.8, 4) is 17.0 Å². The molecule has 4 aromatic rings. The van der Waals surface area contributed by atoms with Crippen LogP contribution >= 0.6 is 0 Å². The first-order valence-corrected chi connectivity index (χ1v) is 12.6. The Morgan fingerprint density at radius 2 is 2.09 bits per heavy atom. The van der Waals surface area contributed by atoms with Crippen molar-refractivity contribution in [1.82, 2.24) is 35.5 Å². The van der Waals surface area contributed by atoms with Crippen molar-refractivity contribution in [2.75, 3.05) is 31.6 Å². The topological polar surface area (TPSA) is 96.8 Å². The third-order valence-corrected chi connectivity index (χ3v) is 7.42. The molecule has 9 heteroatoms. The second kappa shape index (κ2) is 9.65. The van der Waals surface area contributed by atoms with E-state index in [9.17, 15) is 0 Å². The first-order valence-electron chi connectivity index (χ1n) is 12.6. The van der Waals surface area contributed by atoms with Crippen molar-refractivity contribution in [1.29, 1.82) is 0 Å². The van der Waals surface area contributed by atoms with E-state index in [1.54, 1.807) is 13.3 Å². The van der Waals surface area contributed by atoms with Gasteiger partial charge in [0.05, 0.1) is 49.1 Å². The Balaban J connectivity index is 1.11. The maximum atomic E-state index is 5.44. The summed E-state index contributed by atoms with van der Waals surface area (Å²) in [5.74, 6) is 1.65. The summed E-state index contributed by atoms with van der Waals surface area (Å²) in [6, 6.07) is 8.76. The van der Waals surface area contributed by atoms with Crippen LogP contribution in [0.25, 0.3) is 22.2 Å². The lowest BCUT2D eigenvalue weighted by atomic mass is 9.85. The lowest BCUT2D eigenvalue weighted by Crippen LogP contribution is -2.47. The smallest absolute Gasteiger partial charge is 0.121 e. The molecule has 1 aliphatic heterocycles. The van der Waals surface area contributed by atoms with Crippen LogP contribution in [0.2, 0.25) is 0 Å². The minimum Gasteiger partial charge on any atom is -0.497 e. The van der Waals surface area contributed by atoms with Crippen LogP contribution in [0.15, 0.2) is 42.9 Å². The first kappa shape index (κ1) is 22.0. The molecule has 3 aromatic heterocycles. The highest BCUT2D eigenvalue weighted by Gasteiger charge is 2.23. The molecular weight excluding hydrogens is 440 g/mol. The summed E-state index contributed by atoms with van der Waals surface area (Å²) < 4.78 is 7.26. The molecule has 0 amide bonds. The number of pyridine rings is 1. The fourth-order valence-corrected chi connectivity index (χ4v) is 5.13. The van der Waals surface area contributed by atoms with Gasteiger partial charge in [-0.05, 0) is 56.3 Å². The van der Waals surface area contributed by atoms with Crippen LogP contribution < -0.4 is 15.0 Å². The van der Waals surface area contributed by atoms with Crippen LogP contribution in [0.1, 0.15) is 37.8 Å². The third-order valence-electron chi connectivity index (χ3n) is 7.42. The van der Waals surface area contributed by atoms with Gasteiger partial charge in [0.15, 0.2) is 0 Å². The van der Waals surface area contributed by atoms with E-state index in [0.29, 0.717) is 12.6 Å². The Labute approximate surface area is 204 Å². The number of aromatic amines is 1. The van der Waals surface area contributed by atoms with Crippen LogP contribution in [0.3, 0.4) is 0 Å². The molecule has 0 unspecified atom stereocenters. The van der Waals surface area contributed by atoms with Gasteiger partial charge in [-0.3, -0.25) is 10.1 Å². The van der Waals surface area contributed by atoms with Crippen molar-refractivity contribution >= 4 is 16.6 Å². The number of methoxy groups -OCH3 is 1. The number of aromatic nitrogens is 6. The average Bonchev–Trinajstić information content (AvgIpc) is 3.53. The van der Waals surface area contributed by atoms with Gasteiger partial charge >= 0.3 is 0 Å². The highest BCUT2D eigenvalue weighted by Crippen LogP contribution is 2.31. The molecule has 182 valence electrons. The number of benzene rings is 1. The van der Waals surface area contributed by atoms with Crippen molar-refractivity contribution in [3.05, 3.63) is 48.5 Å². The van der Waals surface area contributed by atoms with Gasteiger partial charge in [0, 0.05) is 36.1 Å². The summed E-state index contributed by atoms with van der Waals surface area (Å²) in [5, 5.41) is 20.7. The minimum atomic E-state index is 0.567. The van der Waals surface area contributed by atoms with Crippen molar-refractivity contribution in [3.63, 3.8) is 0 Å². The Bertz CT molecular complexity index is 1280. The molecule has 2 aliphatic rings. The predicted molar refractivity (Wildman–Crippen MR) is 136 cm³/mol. The lowest BCUT2D eigenvalue weighted by molar-refractivity contribution is 0.280. The molecule has 1 aromatic carbocycles. The number of nitrogens with one attached hydrogen (secondary N) is 2. The summed E-state index contributed by atoms with van der Waals surface area (Å²) in [4.78, 5) is 7.20. The molecule has 1 atom stereocenters. The van der Waals surface area contributed by atoms with Crippen LogP contribution in [0.4, 0.5) is 5.69 Å². The van der Waals surface area contributed by atoms with E-state index < -0.39 is 0 Å². The van der Waals surface area contributed by atoms with Crippen molar-refractivity contribution in [2.24, 2.45) is 5.92 Å². The zero-order valence-electron chi connectivity index (χ0n) is 20.2. The number of anilines is 1. The molecule has 4 heterocycles. The molecule has 9 nitrogen and oxygen atoms in total. The molecule has 1 aliphatic carbocycles. The Hall–Kier alpha value is -3.46. The molecule has 0 spiro atoms. The van der Waals surface area contributed by atoms with Gasteiger partial charge in [0.1, 0.15) is 11.4 Å². The zero-order chi connectivity index (χ0) is 23.6. The summed E-state index contributed by atoms with van der Waals surface area (Å²) in [6.07, 6.45) is 12.4. The van der Waals surface area contributed by atoms with E-state index in [1.165, 1.54) is 44.3 Å². The molecule has 2 N–H and O–H groups in total. The molecule has 0 bridgehead atoms. The van der Waals surface area contributed by atoms with E-state index in [0.717, 1.165) is 52.6 Å². The summed E-state index contributed by atoms with van der Waals surface area (Å²) in [5.41, 5.74) is 4.78. The quantitative estimate of drug-likeness (QED) is 0.404. The second-order valence-corrected chi connectivity index (χ2v) is 9.81. The largest absolute Gasteiger partial charge is 0.497 e. The highest BCUT2D eigenvalue weighted by atomic mass is 16.5. The van der Waals surface area contributed by atoms with E-state index in [4.69, 9.17) is 9.72 Å². The monoisotopic (exact) mass is 472 g/mol. The van der Waals surface area contributed by atoms with Gasteiger partial charge in [0.2, 0.25) is 0 Å². The highest BCUT2D eigenvalue weighted by molar-refractivity contribution is 5.94. The van der Waals surface area contributed by atoms with Gasteiger partial charge in [-0.15, -0.1) is 5.10 Å². The molecule has 1 saturated heterocycles. The van der Waals surface area contributed by atoms with Crippen molar-refractivity contribution < 1.29 is 4.74 Å². The number of rotatable bonds is 8. The van der Waals surface area contributed by atoms with E-state index in [2.05, 4.69) is 42.9 Å². The number of nitrogens with zero attached hydrogens (tertiary/aromatic N) is 6. The number of hydrogen-bond donors (Lipinski definition) is 2. The van der Waals surface area contributed by atoms with E-state index >= 15 is 0 Å². The van der Waals surface area contributed by atoms with Gasteiger partial charge in [-0.25, -0.2) is 4.68 Å². The fourth-order valence-electron chi connectivity index (χ4n) is 5.13. The summed E-state index contributed by atoms with van der Waals surface area (Å²) in [6.45, 7) is 3.90. The molecular formula is C26H32N8O. The van der Waals surface area contributed by atoms with E-state index in [1.807, 2.05) is 29.2 Å². The van der Waals surface area contributed by atoms with Crippen LogP contribution in [-0.2, 0) is 6.54 Å². The molecule has 6 rings (SSSR count). The van der Waals surface area contributed by atoms with Gasteiger partial charge < -0.3 is 15.0 Å². The van der Waals surface area contributed by atoms with E-state index in [-0.39, 0.29) is 0 Å². The third kappa shape index (κ3) is 4.73. The lowest BCUT2D eigenvalue weighted by Gasteiger charge is -2.36. The maximum Gasteiger partial charge on any atom is 0.121 e. The standard InChI is InChI=1S/C26H32N8O/c1-35-22-10-23(24-14-29-30-25(24)11-22)26-17-34(32-31-26)16-20-7-8-21(13-28-20)33-9-3-6-19(15-33)27-12-18-4-2-5-18/h7-8,10-11,13-14,17-19,27H,2-6,9,12,15-16H2,1H3,(H,29,30)/t19-/m1/s1. The molecule has 1 saturated carbocycles. The molecule has 0 radical (unpaired) electrons. The Morgan fingerprint density at radius 3 is 2.89 bits per heavy atom. The summed E-state index contributed by atoms with van der Waals surface area (Å²) >= 11 is 0. The number of fused-ring (bicyclic) bond motifs is 1. The van der Waals surface area contributed by atoms with Gasteiger partial charge in [-0.2, -0.15) is 5.10 Å². The zero-order valence-corrected chi connectivity index (χ0v) is 20.2. The Kier molecular flexibility index (Phi) is 6.08. The minimum absolute atomic E-state index is 0.567. The van der Waals surface area contributed by atoms with Crippen LogP contribution in [0, 0.1) is 5.92 Å².